The summed E-state index contributed by atoms with van der Waals surface area (Å²) in [6.07, 6.45) is 0.760. The van der Waals surface area contributed by atoms with Crippen LogP contribution in [0.15, 0.2) is 22.8 Å². The normalized spacial score (nSPS) is 13.2. The van der Waals surface area contributed by atoms with E-state index in [0.717, 1.165) is 0 Å². The largest absolute Gasteiger partial charge is 0.466 e. The van der Waals surface area contributed by atoms with Gasteiger partial charge in [-0.1, -0.05) is 25.6 Å². The number of aliphatic hydroxyl groups is 1. The Morgan fingerprint density at radius 3 is 2.62 bits per heavy atom. The molecule has 0 saturated carbocycles. The van der Waals surface area contributed by atoms with Crippen molar-refractivity contribution in [1.29, 1.82) is 0 Å². The Balaban J connectivity index is 2.69. The SMILES string of the molecule is C[Si](C)(C)C#C[C@H](O)c1ccco1. The summed E-state index contributed by atoms with van der Waals surface area (Å²) in [4.78, 5) is 0. The Morgan fingerprint density at radius 2 is 2.15 bits per heavy atom. The van der Waals surface area contributed by atoms with Gasteiger partial charge in [0, 0.05) is 0 Å². The third-order valence-corrected chi connectivity index (χ3v) is 2.29. The lowest BCUT2D eigenvalue weighted by Gasteiger charge is -2.04. The topological polar surface area (TPSA) is 33.4 Å². The summed E-state index contributed by atoms with van der Waals surface area (Å²) in [6.45, 7) is 6.40. The van der Waals surface area contributed by atoms with E-state index in [1.54, 1.807) is 12.1 Å². The first kappa shape index (κ1) is 10.1. The molecule has 0 aromatic carbocycles. The molecule has 0 unspecified atom stereocenters. The van der Waals surface area contributed by atoms with Gasteiger partial charge < -0.3 is 9.52 Å². The van der Waals surface area contributed by atoms with E-state index in [1.165, 1.54) is 6.26 Å². The zero-order chi connectivity index (χ0) is 9.90. The van der Waals surface area contributed by atoms with Crippen LogP contribution in [0.5, 0.6) is 0 Å². The van der Waals surface area contributed by atoms with E-state index in [2.05, 4.69) is 31.1 Å². The number of aliphatic hydroxyl groups excluding tert-OH is 1. The van der Waals surface area contributed by atoms with Crippen molar-refractivity contribution in [3.05, 3.63) is 24.2 Å². The van der Waals surface area contributed by atoms with E-state index in [9.17, 15) is 5.11 Å². The Kier molecular flexibility index (Phi) is 2.97. The van der Waals surface area contributed by atoms with Crippen LogP contribution in [0.2, 0.25) is 19.6 Å². The van der Waals surface area contributed by atoms with Crippen molar-refractivity contribution in [1.82, 2.24) is 0 Å². The molecule has 2 nitrogen and oxygen atoms in total. The molecule has 0 saturated heterocycles. The molecule has 3 heteroatoms. The second-order valence-electron chi connectivity index (χ2n) is 3.94. The van der Waals surface area contributed by atoms with Crippen molar-refractivity contribution in [2.24, 2.45) is 0 Å². The molecule has 0 aliphatic rings. The van der Waals surface area contributed by atoms with Gasteiger partial charge in [0.25, 0.3) is 0 Å². The van der Waals surface area contributed by atoms with Crippen molar-refractivity contribution >= 4 is 8.07 Å². The highest BCUT2D eigenvalue weighted by Crippen LogP contribution is 2.11. The van der Waals surface area contributed by atoms with Crippen LogP contribution in [-0.4, -0.2) is 13.2 Å². The van der Waals surface area contributed by atoms with Gasteiger partial charge in [-0.25, -0.2) is 0 Å². The maximum atomic E-state index is 9.53. The van der Waals surface area contributed by atoms with Crippen molar-refractivity contribution in [2.45, 2.75) is 25.7 Å². The van der Waals surface area contributed by atoms with Gasteiger partial charge >= 0.3 is 0 Å². The molecule has 0 fully saturated rings. The minimum absolute atomic E-state index is 0.519. The van der Waals surface area contributed by atoms with Crippen molar-refractivity contribution in [2.75, 3.05) is 0 Å². The molecule has 0 bridgehead atoms. The van der Waals surface area contributed by atoms with Crippen molar-refractivity contribution in [3.63, 3.8) is 0 Å². The summed E-state index contributed by atoms with van der Waals surface area (Å²) in [5.74, 6) is 3.32. The summed E-state index contributed by atoms with van der Waals surface area (Å²) >= 11 is 0. The molecule has 1 rings (SSSR count). The van der Waals surface area contributed by atoms with Gasteiger partial charge in [-0.15, -0.1) is 5.54 Å². The molecule has 0 aliphatic carbocycles. The van der Waals surface area contributed by atoms with Gasteiger partial charge in [0.2, 0.25) is 0 Å². The minimum atomic E-state index is -1.40. The van der Waals surface area contributed by atoms with E-state index < -0.39 is 14.2 Å². The molecule has 1 heterocycles. The predicted molar refractivity (Wildman–Crippen MR) is 54.8 cm³/mol. The number of furan rings is 1. The van der Waals surface area contributed by atoms with Gasteiger partial charge in [-0.3, -0.25) is 0 Å². The molecule has 1 aromatic rings. The lowest BCUT2D eigenvalue weighted by molar-refractivity contribution is 0.206. The minimum Gasteiger partial charge on any atom is -0.466 e. The van der Waals surface area contributed by atoms with Crippen LogP contribution < -0.4 is 0 Å². The quantitative estimate of drug-likeness (QED) is 0.549. The highest BCUT2D eigenvalue weighted by molar-refractivity contribution is 6.83. The lowest BCUT2D eigenvalue weighted by atomic mass is 10.3. The van der Waals surface area contributed by atoms with Crippen LogP contribution in [0.3, 0.4) is 0 Å². The molecular weight excluding hydrogens is 180 g/mol. The number of rotatable bonds is 1. The summed E-state index contributed by atoms with van der Waals surface area (Å²) in [6, 6.07) is 3.47. The van der Waals surface area contributed by atoms with Crippen LogP contribution in [0.25, 0.3) is 0 Å². The summed E-state index contributed by atoms with van der Waals surface area (Å²) in [7, 11) is -1.40. The Morgan fingerprint density at radius 1 is 1.46 bits per heavy atom. The van der Waals surface area contributed by atoms with Gasteiger partial charge in [0.1, 0.15) is 13.8 Å². The molecule has 13 heavy (non-hydrogen) atoms. The first-order chi connectivity index (χ1) is 5.99. The van der Waals surface area contributed by atoms with E-state index >= 15 is 0 Å². The Bertz CT molecular complexity index is 311. The monoisotopic (exact) mass is 194 g/mol. The molecule has 0 aliphatic heterocycles. The fourth-order valence-electron chi connectivity index (χ4n) is 0.803. The van der Waals surface area contributed by atoms with Crippen molar-refractivity contribution in [3.8, 4) is 11.5 Å². The molecule has 1 aromatic heterocycles. The zero-order valence-corrected chi connectivity index (χ0v) is 9.16. The van der Waals surface area contributed by atoms with E-state index in [4.69, 9.17) is 4.42 Å². The number of hydrogen-bond acceptors (Lipinski definition) is 2. The molecule has 70 valence electrons. The second-order valence-corrected chi connectivity index (χ2v) is 8.69. The first-order valence-corrected chi connectivity index (χ1v) is 7.73. The molecule has 1 atom stereocenters. The molecule has 0 amide bonds. The van der Waals surface area contributed by atoms with Crippen molar-refractivity contribution < 1.29 is 9.52 Å². The van der Waals surface area contributed by atoms with E-state index in [-0.39, 0.29) is 0 Å². The van der Waals surface area contributed by atoms with E-state index in [1.807, 2.05) is 0 Å². The fourth-order valence-corrected chi connectivity index (χ4v) is 1.37. The van der Waals surface area contributed by atoms with E-state index in [0.29, 0.717) is 5.76 Å². The average Bonchev–Trinajstić information content (AvgIpc) is 2.50. The molecular formula is C10H14O2Si. The highest BCUT2D eigenvalue weighted by Gasteiger charge is 2.10. The molecule has 0 radical (unpaired) electrons. The third kappa shape index (κ3) is 3.49. The summed E-state index contributed by atoms with van der Waals surface area (Å²) < 4.78 is 5.02. The first-order valence-electron chi connectivity index (χ1n) is 4.23. The number of hydrogen-bond donors (Lipinski definition) is 1. The second kappa shape index (κ2) is 3.82. The van der Waals surface area contributed by atoms with Crippen LogP contribution >= 0.6 is 0 Å². The van der Waals surface area contributed by atoms with Crippen LogP contribution in [-0.2, 0) is 0 Å². The Labute approximate surface area is 79.6 Å². The average molecular weight is 194 g/mol. The van der Waals surface area contributed by atoms with Gasteiger partial charge in [-0.2, -0.15) is 0 Å². The van der Waals surface area contributed by atoms with Crippen LogP contribution in [0, 0.1) is 11.5 Å². The van der Waals surface area contributed by atoms with Gasteiger partial charge in [-0.05, 0) is 12.1 Å². The Hall–Kier alpha value is -0.983. The molecule has 0 spiro atoms. The summed E-state index contributed by atoms with van der Waals surface area (Å²) in [5, 5.41) is 9.53. The maximum absolute atomic E-state index is 9.53. The van der Waals surface area contributed by atoms with Gasteiger partial charge in [0.05, 0.1) is 6.26 Å². The molecule has 1 N–H and O–H groups in total. The van der Waals surface area contributed by atoms with Gasteiger partial charge in [0.15, 0.2) is 6.10 Å². The maximum Gasteiger partial charge on any atom is 0.172 e. The van der Waals surface area contributed by atoms with Crippen LogP contribution in [0.1, 0.15) is 11.9 Å². The smallest absolute Gasteiger partial charge is 0.172 e. The lowest BCUT2D eigenvalue weighted by Crippen LogP contribution is -2.16. The standard InChI is InChI=1S/C10H14O2Si/c1-13(2,3)8-6-9(11)10-5-4-7-12-10/h4-5,7,9,11H,1-3H3/t9-/m0/s1. The third-order valence-electron chi connectivity index (χ3n) is 1.40. The predicted octanol–water partition coefficient (Wildman–Crippen LogP) is 2.19. The highest BCUT2D eigenvalue weighted by atomic mass is 28.3. The fraction of sp³-hybridized carbons (Fsp3) is 0.400. The summed E-state index contributed by atoms with van der Waals surface area (Å²) in [5.41, 5.74) is 3.09. The van der Waals surface area contributed by atoms with Crippen LogP contribution in [0.4, 0.5) is 0 Å². The zero-order valence-electron chi connectivity index (χ0n) is 8.16.